The molecule has 1 aromatic carbocycles. The average molecular weight is 309 g/mol. The summed E-state index contributed by atoms with van der Waals surface area (Å²) in [6.07, 6.45) is 0. The average Bonchev–Trinajstić information content (AvgIpc) is 2.94. The number of nitrogens with one attached hydrogen (secondary N) is 1. The van der Waals surface area contributed by atoms with E-state index < -0.39 is 17.7 Å². The Kier molecular flexibility index (Phi) is 4.54. The van der Waals surface area contributed by atoms with Gasteiger partial charge in [0.25, 0.3) is 5.91 Å². The van der Waals surface area contributed by atoms with E-state index in [4.69, 9.17) is 4.74 Å². The third kappa shape index (κ3) is 3.19. The van der Waals surface area contributed by atoms with Crippen molar-refractivity contribution in [3.05, 3.63) is 45.9 Å². The molecule has 5 nitrogen and oxygen atoms in total. The van der Waals surface area contributed by atoms with Crippen molar-refractivity contribution in [1.82, 2.24) is 0 Å². The second kappa shape index (κ2) is 6.36. The van der Waals surface area contributed by atoms with E-state index in [1.165, 1.54) is 26.4 Å². The van der Waals surface area contributed by atoms with Crippen LogP contribution in [0, 0.1) is 5.82 Å². The summed E-state index contributed by atoms with van der Waals surface area (Å²) < 4.78 is 23.3. The first-order chi connectivity index (χ1) is 10.1. The molecule has 0 aliphatic heterocycles. The van der Waals surface area contributed by atoms with Gasteiger partial charge in [0, 0.05) is 6.07 Å². The molecule has 1 N–H and O–H groups in total. The molecule has 1 aromatic heterocycles. The zero-order chi connectivity index (χ0) is 15.4. The van der Waals surface area contributed by atoms with Gasteiger partial charge in [-0.2, -0.15) is 0 Å². The second-order valence-electron chi connectivity index (χ2n) is 3.95. The van der Waals surface area contributed by atoms with Gasteiger partial charge in [-0.1, -0.05) is 0 Å². The molecule has 0 saturated heterocycles. The van der Waals surface area contributed by atoms with E-state index in [9.17, 15) is 14.0 Å². The molecule has 0 atom stereocenters. The number of carbonyl (C=O) groups is 2. The van der Waals surface area contributed by atoms with E-state index in [0.29, 0.717) is 5.75 Å². The van der Waals surface area contributed by atoms with Crippen molar-refractivity contribution < 1.29 is 23.5 Å². The van der Waals surface area contributed by atoms with E-state index in [1.54, 1.807) is 11.4 Å². The number of rotatable bonds is 4. The molecular weight excluding hydrogens is 297 g/mol. The van der Waals surface area contributed by atoms with Crippen LogP contribution >= 0.6 is 11.3 Å². The molecular formula is C14H12FNO4S. The number of esters is 1. The van der Waals surface area contributed by atoms with E-state index in [-0.39, 0.29) is 16.1 Å². The predicted octanol–water partition coefficient (Wildman–Crippen LogP) is 2.93. The largest absolute Gasteiger partial charge is 0.497 e. The molecule has 0 saturated carbocycles. The minimum Gasteiger partial charge on any atom is -0.497 e. The fourth-order valence-corrected chi connectivity index (χ4v) is 2.42. The van der Waals surface area contributed by atoms with Crippen LogP contribution in [-0.2, 0) is 4.74 Å². The highest BCUT2D eigenvalue weighted by atomic mass is 32.1. The van der Waals surface area contributed by atoms with Gasteiger partial charge in [0.1, 0.15) is 16.4 Å². The molecule has 0 aliphatic carbocycles. The van der Waals surface area contributed by atoms with Gasteiger partial charge in [0.05, 0.1) is 25.5 Å². The number of hydrogen-bond donors (Lipinski definition) is 1. The minimum absolute atomic E-state index is 0.141. The van der Waals surface area contributed by atoms with E-state index in [0.717, 1.165) is 17.4 Å². The topological polar surface area (TPSA) is 64.6 Å². The number of hydrogen-bond acceptors (Lipinski definition) is 5. The van der Waals surface area contributed by atoms with E-state index in [2.05, 4.69) is 10.1 Å². The Morgan fingerprint density at radius 1 is 1.24 bits per heavy atom. The van der Waals surface area contributed by atoms with Crippen LogP contribution in [0.25, 0.3) is 0 Å². The van der Waals surface area contributed by atoms with Crippen LogP contribution in [0.15, 0.2) is 29.6 Å². The fraction of sp³-hybridized carbons (Fsp3) is 0.143. The smallest absolute Gasteiger partial charge is 0.350 e. The fourth-order valence-electron chi connectivity index (χ4n) is 1.66. The Bertz CT molecular complexity index is 683. The Balaban J connectivity index is 2.23. The molecule has 0 radical (unpaired) electrons. The number of thiophene rings is 1. The van der Waals surface area contributed by atoms with Gasteiger partial charge in [-0.3, -0.25) is 4.79 Å². The summed E-state index contributed by atoms with van der Waals surface area (Å²) in [5.74, 6) is -1.61. The molecule has 0 unspecified atom stereocenters. The number of anilines is 1. The first-order valence-corrected chi connectivity index (χ1v) is 6.75. The summed E-state index contributed by atoms with van der Waals surface area (Å²) >= 11 is 1.13. The molecule has 1 amide bonds. The van der Waals surface area contributed by atoms with Crippen molar-refractivity contribution >= 4 is 28.9 Å². The molecule has 7 heteroatoms. The third-order valence-corrected chi connectivity index (χ3v) is 3.60. The highest BCUT2D eigenvalue weighted by Gasteiger charge is 2.18. The van der Waals surface area contributed by atoms with Crippen LogP contribution in [-0.4, -0.2) is 26.1 Å². The Labute approximate surface area is 124 Å². The lowest BCUT2D eigenvalue weighted by atomic mass is 10.2. The monoisotopic (exact) mass is 309 g/mol. The van der Waals surface area contributed by atoms with Crippen LogP contribution < -0.4 is 10.1 Å². The van der Waals surface area contributed by atoms with Gasteiger partial charge in [-0.15, -0.1) is 11.3 Å². The van der Waals surface area contributed by atoms with Gasteiger partial charge < -0.3 is 14.8 Å². The van der Waals surface area contributed by atoms with Crippen LogP contribution in [0.3, 0.4) is 0 Å². The molecule has 21 heavy (non-hydrogen) atoms. The Morgan fingerprint density at radius 3 is 2.62 bits per heavy atom. The maximum atomic E-state index is 13.8. The van der Waals surface area contributed by atoms with E-state index in [1.807, 2.05) is 0 Å². The van der Waals surface area contributed by atoms with Gasteiger partial charge in [-0.05, 0) is 23.6 Å². The maximum Gasteiger partial charge on any atom is 0.350 e. The SMILES string of the molecule is COC(=O)c1sccc1NC(=O)c1ccc(OC)cc1F. The first-order valence-electron chi connectivity index (χ1n) is 5.87. The van der Waals surface area contributed by atoms with Crippen LogP contribution in [0.1, 0.15) is 20.0 Å². The highest BCUT2D eigenvalue weighted by Crippen LogP contribution is 2.24. The van der Waals surface area contributed by atoms with Crippen molar-refractivity contribution in [2.24, 2.45) is 0 Å². The molecule has 0 bridgehead atoms. The number of benzene rings is 1. The quantitative estimate of drug-likeness (QED) is 0.882. The summed E-state index contributed by atoms with van der Waals surface area (Å²) in [6, 6.07) is 5.46. The summed E-state index contributed by atoms with van der Waals surface area (Å²) in [6.45, 7) is 0. The number of halogens is 1. The zero-order valence-corrected chi connectivity index (χ0v) is 12.1. The lowest BCUT2D eigenvalue weighted by Crippen LogP contribution is -2.15. The number of ether oxygens (including phenoxy) is 2. The van der Waals surface area contributed by atoms with Gasteiger partial charge in [0.2, 0.25) is 0 Å². The van der Waals surface area contributed by atoms with Crippen molar-refractivity contribution in [2.75, 3.05) is 19.5 Å². The van der Waals surface area contributed by atoms with Gasteiger partial charge in [0.15, 0.2) is 0 Å². The summed E-state index contributed by atoms with van der Waals surface area (Å²) in [5.41, 5.74) is 0.143. The van der Waals surface area contributed by atoms with Crippen molar-refractivity contribution in [1.29, 1.82) is 0 Å². The Morgan fingerprint density at radius 2 is 2.00 bits per heavy atom. The summed E-state index contributed by atoms with van der Waals surface area (Å²) in [4.78, 5) is 23.8. The Hall–Kier alpha value is -2.41. The molecule has 0 aliphatic rings. The molecule has 1 heterocycles. The standard InChI is InChI=1S/C14H12FNO4S/c1-19-8-3-4-9(10(15)7-8)13(17)16-11-5-6-21-12(11)14(18)20-2/h3-7H,1-2H3,(H,16,17). The molecule has 0 spiro atoms. The lowest BCUT2D eigenvalue weighted by Gasteiger charge is -2.07. The summed E-state index contributed by atoms with van der Waals surface area (Å²) in [5, 5.41) is 4.12. The maximum absolute atomic E-state index is 13.8. The van der Waals surface area contributed by atoms with Gasteiger partial charge in [-0.25, -0.2) is 9.18 Å². The van der Waals surface area contributed by atoms with E-state index >= 15 is 0 Å². The number of carbonyl (C=O) groups excluding carboxylic acids is 2. The first kappa shape index (κ1) is 15.0. The highest BCUT2D eigenvalue weighted by molar-refractivity contribution is 7.12. The molecule has 2 rings (SSSR count). The lowest BCUT2D eigenvalue weighted by molar-refractivity contribution is 0.0607. The molecule has 0 fully saturated rings. The third-order valence-electron chi connectivity index (χ3n) is 2.71. The van der Waals surface area contributed by atoms with Crippen molar-refractivity contribution in [3.8, 4) is 5.75 Å². The normalized spacial score (nSPS) is 10.0. The van der Waals surface area contributed by atoms with Crippen LogP contribution in [0.5, 0.6) is 5.75 Å². The molecule has 2 aromatic rings. The van der Waals surface area contributed by atoms with Crippen LogP contribution in [0.2, 0.25) is 0 Å². The summed E-state index contributed by atoms with van der Waals surface area (Å²) in [7, 11) is 2.65. The van der Waals surface area contributed by atoms with Crippen LogP contribution in [0.4, 0.5) is 10.1 Å². The number of amides is 1. The minimum atomic E-state index is -0.707. The number of methoxy groups -OCH3 is 2. The van der Waals surface area contributed by atoms with Crippen molar-refractivity contribution in [2.45, 2.75) is 0 Å². The second-order valence-corrected chi connectivity index (χ2v) is 4.87. The predicted molar refractivity (Wildman–Crippen MR) is 76.6 cm³/mol. The molecule has 110 valence electrons. The zero-order valence-electron chi connectivity index (χ0n) is 11.3. The van der Waals surface area contributed by atoms with Gasteiger partial charge >= 0.3 is 5.97 Å². The van der Waals surface area contributed by atoms with Crippen molar-refractivity contribution in [3.63, 3.8) is 0 Å².